The molecule has 1 aliphatic rings. The molecule has 0 spiro atoms. The van der Waals surface area contributed by atoms with Crippen LogP contribution in [-0.2, 0) is 14.8 Å². The SMILES string of the molecule is CC[C@@H](C)C(=O)Nc1ccc(Cl)c(S(=O)(=O)N2CCCCC2)c1. The zero-order chi connectivity index (χ0) is 17.0. The minimum Gasteiger partial charge on any atom is -0.326 e. The lowest BCUT2D eigenvalue weighted by Crippen LogP contribution is -2.35. The summed E-state index contributed by atoms with van der Waals surface area (Å²) >= 11 is 6.11. The van der Waals surface area contributed by atoms with Crippen molar-refractivity contribution in [3.8, 4) is 0 Å². The molecule has 1 atom stereocenters. The number of sulfonamides is 1. The summed E-state index contributed by atoms with van der Waals surface area (Å²) in [5, 5.41) is 2.93. The second-order valence-electron chi connectivity index (χ2n) is 5.91. The Kier molecular flexibility index (Phi) is 6.06. The third-order valence-corrected chi connectivity index (χ3v) is 6.57. The number of nitrogens with one attached hydrogen (secondary N) is 1. The number of carbonyl (C=O) groups excluding carboxylic acids is 1. The van der Waals surface area contributed by atoms with Crippen LogP contribution in [0, 0.1) is 5.92 Å². The lowest BCUT2D eigenvalue weighted by Gasteiger charge is -2.26. The minimum atomic E-state index is -3.63. The van der Waals surface area contributed by atoms with Crippen molar-refractivity contribution >= 4 is 33.2 Å². The van der Waals surface area contributed by atoms with E-state index in [0.717, 1.165) is 25.7 Å². The highest BCUT2D eigenvalue weighted by Gasteiger charge is 2.28. The summed E-state index contributed by atoms with van der Waals surface area (Å²) in [5.41, 5.74) is 0.454. The zero-order valence-corrected chi connectivity index (χ0v) is 15.1. The molecule has 1 aromatic rings. The van der Waals surface area contributed by atoms with Crippen LogP contribution in [0.3, 0.4) is 0 Å². The number of piperidine rings is 1. The fraction of sp³-hybridized carbons (Fsp3) is 0.562. The monoisotopic (exact) mass is 358 g/mol. The van der Waals surface area contributed by atoms with Crippen LogP contribution in [0.2, 0.25) is 5.02 Å². The molecule has 0 unspecified atom stereocenters. The Balaban J connectivity index is 2.28. The highest BCUT2D eigenvalue weighted by atomic mass is 35.5. The van der Waals surface area contributed by atoms with Gasteiger partial charge in [0.15, 0.2) is 0 Å². The lowest BCUT2D eigenvalue weighted by atomic mass is 10.1. The second-order valence-corrected chi connectivity index (χ2v) is 8.22. The summed E-state index contributed by atoms with van der Waals surface area (Å²) in [5.74, 6) is -0.260. The molecule has 0 radical (unpaired) electrons. The molecule has 1 aromatic carbocycles. The van der Waals surface area contributed by atoms with Crippen LogP contribution in [-0.4, -0.2) is 31.7 Å². The van der Waals surface area contributed by atoms with Crippen molar-refractivity contribution in [2.45, 2.75) is 44.4 Å². The molecule has 0 saturated carbocycles. The Bertz CT molecular complexity index is 670. The molecule has 5 nitrogen and oxygen atoms in total. The van der Waals surface area contributed by atoms with Gasteiger partial charge in [0.25, 0.3) is 0 Å². The topological polar surface area (TPSA) is 66.5 Å². The van der Waals surface area contributed by atoms with Gasteiger partial charge in [0, 0.05) is 24.7 Å². The first-order valence-electron chi connectivity index (χ1n) is 7.97. The summed E-state index contributed by atoms with van der Waals surface area (Å²) in [6.07, 6.45) is 3.49. The van der Waals surface area contributed by atoms with E-state index in [0.29, 0.717) is 18.8 Å². The van der Waals surface area contributed by atoms with Gasteiger partial charge in [-0.3, -0.25) is 4.79 Å². The lowest BCUT2D eigenvalue weighted by molar-refractivity contribution is -0.119. The number of hydrogen-bond donors (Lipinski definition) is 1. The van der Waals surface area contributed by atoms with Gasteiger partial charge in [-0.25, -0.2) is 8.42 Å². The average molecular weight is 359 g/mol. The van der Waals surface area contributed by atoms with Gasteiger partial charge in [0.2, 0.25) is 15.9 Å². The number of benzene rings is 1. The van der Waals surface area contributed by atoms with Crippen molar-refractivity contribution in [2.75, 3.05) is 18.4 Å². The van der Waals surface area contributed by atoms with Crippen molar-refractivity contribution in [2.24, 2.45) is 5.92 Å². The Hall–Kier alpha value is -1.11. The van der Waals surface area contributed by atoms with Crippen LogP contribution in [0.25, 0.3) is 0 Å². The van der Waals surface area contributed by atoms with Crippen LogP contribution in [0.4, 0.5) is 5.69 Å². The van der Waals surface area contributed by atoms with E-state index in [2.05, 4.69) is 5.32 Å². The van der Waals surface area contributed by atoms with E-state index in [1.807, 2.05) is 13.8 Å². The summed E-state index contributed by atoms with van der Waals surface area (Å²) < 4.78 is 27.0. The largest absolute Gasteiger partial charge is 0.326 e. The van der Waals surface area contributed by atoms with Crippen LogP contribution in [0.5, 0.6) is 0 Å². The van der Waals surface area contributed by atoms with Gasteiger partial charge >= 0.3 is 0 Å². The molecular formula is C16H23ClN2O3S. The quantitative estimate of drug-likeness (QED) is 0.875. The molecule has 1 aliphatic heterocycles. The molecule has 0 aliphatic carbocycles. The number of nitrogens with zero attached hydrogens (tertiary/aromatic N) is 1. The highest BCUT2D eigenvalue weighted by Crippen LogP contribution is 2.29. The summed E-state index contributed by atoms with van der Waals surface area (Å²) in [7, 11) is -3.63. The molecule has 23 heavy (non-hydrogen) atoms. The third kappa shape index (κ3) is 4.25. The standard InChI is InChI=1S/C16H23ClN2O3S/c1-3-12(2)16(20)18-13-7-8-14(17)15(11-13)23(21,22)19-9-5-4-6-10-19/h7-8,11-12H,3-6,9-10H2,1-2H3,(H,18,20)/t12-/m1/s1. The molecule has 7 heteroatoms. The van der Waals surface area contributed by atoms with Crippen molar-refractivity contribution in [3.05, 3.63) is 23.2 Å². The van der Waals surface area contributed by atoms with E-state index < -0.39 is 10.0 Å². The molecule has 2 rings (SSSR count). The number of amides is 1. The van der Waals surface area contributed by atoms with Crippen molar-refractivity contribution in [1.82, 2.24) is 4.31 Å². The average Bonchev–Trinajstić information content (AvgIpc) is 2.56. The fourth-order valence-electron chi connectivity index (χ4n) is 2.47. The van der Waals surface area contributed by atoms with Gasteiger partial charge in [-0.1, -0.05) is 31.9 Å². The van der Waals surface area contributed by atoms with Crippen LogP contribution >= 0.6 is 11.6 Å². The molecule has 1 amide bonds. The van der Waals surface area contributed by atoms with E-state index in [1.54, 1.807) is 6.07 Å². The van der Waals surface area contributed by atoms with E-state index in [-0.39, 0.29) is 21.7 Å². The Morgan fingerprint density at radius 3 is 2.57 bits per heavy atom. The van der Waals surface area contributed by atoms with Crippen LogP contribution in [0.1, 0.15) is 39.5 Å². The van der Waals surface area contributed by atoms with Gasteiger partial charge in [-0.15, -0.1) is 0 Å². The molecule has 1 heterocycles. The summed E-state index contributed by atoms with van der Waals surface area (Å²) in [6, 6.07) is 4.59. The predicted molar refractivity (Wildman–Crippen MR) is 92.1 cm³/mol. The molecule has 128 valence electrons. The van der Waals surface area contributed by atoms with Crippen LogP contribution < -0.4 is 5.32 Å². The van der Waals surface area contributed by atoms with E-state index in [9.17, 15) is 13.2 Å². The first-order chi connectivity index (χ1) is 10.9. The fourth-order valence-corrected chi connectivity index (χ4v) is 4.49. The van der Waals surface area contributed by atoms with Gasteiger partial charge < -0.3 is 5.32 Å². The number of carbonyl (C=O) groups is 1. The Morgan fingerprint density at radius 2 is 1.96 bits per heavy atom. The minimum absolute atomic E-state index is 0.0584. The number of halogens is 1. The second kappa shape index (κ2) is 7.64. The first kappa shape index (κ1) is 18.2. The smallest absolute Gasteiger partial charge is 0.244 e. The number of rotatable bonds is 5. The van der Waals surface area contributed by atoms with Gasteiger partial charge in [-0.2, -0.15) is 4.31 Å². The molecular weight excluding hydrogens is 336 g/mol. The van der Waals surface area contributed by atoms with Crippen molar-refractivity contribution in [3.63, 3.8) is 0 Å². The maximum Gasteiger partial charge on any atom is 0.244 e. The molecule has 0 aromatic heterocycles. The maximum atomic E-state index is 12.8. The first-order valence-corrected chi connectivity index (χ1v) is 9.78. The molecule has 1 saturated heterocycles. The molecule has 1 fully saturated rings. The summed E-state index contributed by atoms with van der Waals surface area (Å²) in [6.45, 7) is 4.79. The predicted octanol–water partition coefficient (Wildman–Crippen LogP) is 3.50. The van der Waals surface area contributed by atoms with Gasteiger partial charge in [0.05, 0.1) is 5.02 Å². The van der Waals surface area contributed by atoms with Crippen molar-refractivity contribution in [1.29, 1.82) is 0 Å². The number of hydrogen-bond acceptors (Lipinski definition) is 3. The molecule has 1 N–H and O–H groups in total. The Labute approximate surface area is 143 Å². The zero-order valence-electron chi connectivity index (χ0n) is 13.5. The third-order valence-electron chi connectivity index (χ3n) is 4.19. The van der Waals surface area contributed by atoms with E-state index in [1.165, 1.54) is 16.4 Å². The highest BCUT2D eigenvalue weighted by molar-refractivity contribution is 7.89. The van der Waals surface area contributed by atoms with Gasteiger partial charge in [0.1, 0.15) is 4.90 Å². The van der Waals surface area contributed by atoms with E-state index in [4.69, 9.17) is 11.6 Å². The van der Waals surface area contributed by atoms with Gasteiger partial charge in [-0.05, 0) is 37.5 Å². The van der Waals surface area contributed by atoms with E-state index >= 15 is 0 Å². The summed E-state index contributed by atoms with van der Waals surface area (Å²) in [4.78, 5) is 12.0. The Morgan fingerprint density at radius 1 is 1.30 bits per heavy atom. The van der Waals surface area contributed by atoms with Crippen LogP contribution in [0.15, 0.2) is 23.1 Å². The maximum absolute atomic E-state index is 12.8. The number of anilines is 1. The van der Waals surface area contributed by atoms with Crippen molar-refractivity contribution < 1.29 is 13.2 Å². The molecule has 0 bridgehead atoms. The normalized spacial score (nSPS) is 17.7.